The largest absolute Gasteiger partial charge is 0.382 e. The summed E-state index contributed by atoms with van der Waals surface area (Å²) in [5.74, 6) is 0.970. The molecule has 0 unspecified atom stereocenters. The highest BCUT2D eigenvalue weighted by Crippen LogP contribution is 2.09. The van der Waals surface area contributed by atoms with Crippen molar-refractivity contribution in [1.29, 1.82) is 0 Å². The van der Waals surface area contributed by atoms with E-state index < -0.39 is 0 Å². The number of aromatic nitrogens is 2. The number of nitrogens with one attached hydrogen (secondary N) is 1. The lowest BCUT2D eigenvalue weighted by Gasteiger charge is -2.26. The Morgan fingerprint density at radius 3 is 2.90 bits per heavy atom. The average molecular weight is 296 g/mol. The van der Waals surface area contributed by atoms with E-state index in [2.05, 4.69) is 26.0 Å². The Kier molecular flexibility index (Phi) is 6.99. The SMILES string of the molecule is CCOCCCn1cc(C)nc1NCCN1CCOCC1. The Hall–Kier alpha value is -1.11. The molecule has 21 heavy (non-hydrogen) atoms. The van der Waals surface area contributed by atoms with Crippen molar-refractivity contribution < 1.29 is 9.47 Å². The van der Waals surface area contributed by atoms with Crippen molar-refractivity contribution in [2.75, 3.05) is 57.9 Å². The summed E-state index contributed by atoms with van der Waals surface area (Å²) >= 11 is 0. The van der Waals surface area contributed by atoms with Crippen LogP contribution in [0.3, 0.4) is 0 Å². The monoisotopic (exact) mass is 296 g/mol. The van der Waals surface area contributed by atoms with Gasteiger partial charge < -0.3 is 19.4 Å². The summed E-state index contributed by atoms with van der Waals surface area (Å²) in [6.07, 6.45) is 3.12. The third-order valence-electron chi connectivity index (χ3n) is 3.60. The molecule has 6 heteroatoms. The highest BCUT2D eigenvalue weighted by Gasteiger charge is 2.10. The quantitative estimate of drug-likeness (QED) is 0.697. The van der Waals surface area contributed by atoms with Crippen LogP contribution in [0.1, 0.15) is 19.0 Å². The van der Waals surface area contributed by atoms with E-state index in [-0.39, 0.29) is 0 Å². The van der Waals surface area contributed by atoms with Gasteiger partial charge in [-0.1, -0.05) is 0 Å². The molecule has 6 nitrogen and oxygen atoms in total. The van der Waals surface area contributed by atoms with E-state index in [4.69, 9.17) is 9.47 Å². The molecule has 0 radical (unpaired) electrons. The van der Waals surface area contributed by atoms with E-state index >= 15 is 0 Å². The number of nitrogens with zero attached hydrogens (tertiary/aromatic N) is 3. The molecule has 1 aliphatic heterocycles. The molecule has 1 fully saturated rings. The van der Waals surface area contributed by atoms with Crippen molar-refractivity contribution in [3.8, 4) is 0 Å². The molecular formula is C15H28N4O2. The van der Waals surface area contributed by atoms with Gasteiger partial charge in [0, 0.05) is 52.1 Å². The van der Waals surface area contributed by atoms with Gasteiger partial charge in [0.25, 0.3) is 0 Å². The number of imidazole rings is 1. The number of aryl methyl sites for hydroxylation is 2. The molecule has 0 saturated carbocycles. The smallest absolute Gasteiger partial charge is 0.203 e. The van der Waals surface area contributed by atoms with Gasteiger partial charge in [-0.15, -0.1) is 0 Å². The topological polar surface area (TPSA) is 51.5 Å². The number of hydrogen-bond donors (Lipinski definition) is 1. The van der Waals surface area contributed by atoms with Crippen molar-refractivity contribution in [2.24, 2.45) is 0 Å². The van der Waals surface area contributed by atoms with Crippen molar-refractivity contribution in [1.82, 2.24) is 14.5 Å². The number of hydrogen-bond acceptors (Lipinski definition) is 5. The molecule has 120 valence electrons. The molecule has 1 saturated heterocycles. The molecule has 1 aromatic rings. The van der Waals surface area contributed by atoms with E-state index in [1.54, 1.807) is 0 Å². The maximum Gasteiger partial charge on any atom is 0.203 e. The highest BCUT2D eigenvalue weighted by atomic mass is 16.5. The predicted octanol–water partition coefficient (Wildman–Crippen LogP) is 1.36. The number of ether oxygens (including phenoxy) is 2. The van der Waals surface area contributed by atoms with Gasteiger partial charge in [0.05, 0.1) is 18.9 Å². The van der Waals surface area contributed by atoms with Crippen LogP contribution in [-0.2, 0) is 16.0 Å². The van der Waals surface area contributed by atoms with E-state index in [9.17, 15) is 0 Å². The zero-order valence-electron chi connectivity index (χ0n) is 13.3. The van der Waals surface area contributed by atoms with Crippen molar-refractivity contribution in [2.45, 2.75) is 26.8 Å². The normalized spacial score (nSPS) is 16.3. The molecular weight excluding hydrogens is 268 g/mol. The van der Waals surface area contributed by atoms with Gasteiger partial charge in [-0.3, -0.25) is 4.90 Å². The first kappa shape index (κ1) is 16.3. The third kappa shape index (κ3) is 5.65. The van der Waals surface area contributed by atoms with Gasteiger partial charge >= 0.3 is 0 Å². The van der Waals surface area contributed by atoms with Gasteiger partial charge in [0.2, 0.25) is 5.95 Å². The molecule has 1 N–H and O–H groups in total. The molecule has 2 heterocycles. The zero-order chi connectivity index (χ0) is 14.9. The Labute approximate surface area is 127 Å². The lowest BCUT2D eigenvalue weighted by molar-refractivity contribution is 0.0398. The minimum atomic E-state index is 0.785. The van der Waals surface area contributed by atoms with Crippen LogP contribution in [0, 0.1) is 6.92 Å². The minimum Gasteiger partial charge on any atom is -0.382 e. The van der Waals surface area contributed by atoms with E-state index in [0.29, 0.717) is 0 Å². The first-order valence-electron chi connectivity index (χ1n) is 7.95. The van der Waals surface area contributed by atoms with Crippen LogP contribution >= 0.6 is 0 Å². The summed E-state index contributed by atoms with van der Waals surface area (Å²) in [4.78, 5) is 6.98. The standard InChI is InChI=1S/C15H28N4O2/c1-3-20-10-4-6-19-13-14(2)17-15(19)16-5-7-18-8-11-21-12-9-18/h13H,3-12H2,1-2H3,(H,16,17). The van der Waals surface area contributed by atoms with Gasteiger partial charge in [0.15, 0.2) is 0 Å². The van der Waals surface area contributed by atoms with Crippen LogP contribution in [0.5, 0.6) is 0 Å². The van der Waals surface area contributed by atoms with Gasteiger partial charge in [-0.05, 0) is 20.3 Å². The molecule has 1 aliphatic rings. The van der Waals surface area contributed by atoms with Crippen LogP contribution in [-0.4, -0.2) is 67.1 Å². The second-order valence-corrected chi connectivity index (χ2v) is 5.33. The maximum absolute atomic E-state index is 5.39. The molecule has 0 aliphatic carbocycles. The molecule has 0 amide bonds. The molecule has 0 spiro atoms. The van der Waals surface area contributed by atoms with Crippen molar-refractivity contribution in [3.05, 3.63) is 11.9 Å². The van der Waals surface area contributed by atoms with Gasteiger partial charge in [0.1, 0.15) is 0 Å². The molecule has 2 rings (SSSR count). The Balaban J connectivity index is 1.73. The fourth-order valence-corrected chi connectivity index (χ4v) is 2.49. The summed E-state index contributed by atoms with van der Waals surface area (Å²) in [7, 11) is 0. The predicted molar refractivity (Wildman–Crippen MR) is 83.8 cm³/mol. The van der Waals surface area contributed by atoms with E-state index in [0.717, 1.165) is 77.2 Å². The Bertz CT molecular complexity index is 402. The van der Waals surface area contributed by atoms with Crippen LogP contribution in [0.25, 0.3) is 0 Å². The Morgan fingerprint density at radius 1 is 1.33 bits per heavy atom. The van der Waals surface area contributed by atoms with Gasteiger partial charge in [-0.25, -0.2) is 4.98 Å². The second-order valence-electron chi connectivity index (χ2n) is 5.33. The summed E-state index contributed by atoms with van der Waals surface area (Å²) in [5.41, 5.74) is 1.06. The second kappa shape index (κ2) is 9.02. The zero-order valence-corrected chi connectivity index (χ0v) is 13.3. The van der Waals surface area contributed by atoms with Crippen LogP contribution in [0.4, 0.5) is 5.95 Å². The fraction of sp³-hybridized carbons (Fsp3) is 0.800. The summed E-state index contributed by atoms with van der Waals surface area (Å²) in [5, 5.41) is 3.45. The van der Waals surface area contributed by atoms with E-state index in [1.165, 1.54) is 0 Å². The first-order chi connectivity index (χ1) is 10.3. The molecule has 0 bridgehead atoms. The molecule has 0 aromatic carbocycles. The Morgan fingerprint density at radius 2 is 2.14 bits per heavy atom. The minimum absolute atomic E-state index is 0.785. The van der Waals surface area contributed by atoms with Crippen LogP contribution < -0.4 is 5.32 Å². The maximum atomic E-state index is 5.39. The number of morpholine rings is 1. The van der Waals surface area contributed by atoms with Crippen LogP contribution in [0.15, 0.2) is 6.20 Å². The molecule has 0 atom stereocenters. The summed E-state index contributed by atoms with van der Waals surface area (Å²) in [6.45, 7) is 12.3. The van der Waals surface area contributed by atoms with Gasteiger partial charge in [-0.2, -0.15) is 0 Å². The van der Waals surface area contributed by atoms with Crippen molar-refractivity contribution in [3.63, 3.8) is 0 Å². The van der Waals surface area contributed by atoms with Crippen LogP contribution in [0.2, 0.25) is 0 Å². The highest BCUT2D eigenvalue weighted by molar-refractivity contribution is 5.28. The lowest BCUT2D eigenvalue weighted by atomic mass is 10.4. The lowest BCUT2D eigenvalue weighted by Crippen LogP contribution is -2.39. The summed E-state index contributed by atoms with van der Waals surface area (Å²) in [6, 6.07) is 0. The molecule has 1 aromatic heterocycles. The number of rotatable bonds is 9. The number of anilines is 1. The van der Waals surface area contributed by atoms with E-state index in [1.807, 2.05) is 13.8 Å². The average Bonchev–Trinajstić information content (AvgIpc) is 2.85. The fourth-order valence-electron chi connectivity index (χ4n) is 2.49. The third-order valence-corrected chi connectivity index (χ3v) is 3.60. The van der Waals surface area contributed by atoms with Crippen molar-refractivity contribution >= 4 is 5.95 Å². The summed E-state index contributed by atoms with van der Waals surface area (Å²) < 4.78 is 12.9. The first-order valence-corrected chi connectivity index (χ1v) is 7.95.